The summed E-state index contributed by atoms with van der Waals surface area (Å²) >= 11 is 0. The molecule has 2 rings (SSSR count). The normalized spacial score (nSPS) is 24.3. The summed E-state index contributed by atoms with van der Waals surface area (Å²) in [5.41, 5.74) is 0. The van der Waals surface area contributed by atoms with Crippen molar-refractivity contribution in [2.75, 3.05) is 13.1 Å². The van der Waals surface area contributed by atoms with Crippen LogP contribution in [0.4, 0.5) is 0 Å². The van der Waals surface area contributed by atoms with E-state index in [1.54, 1.807) is 6.33 Å². The number of nitrogens with one attached hydrogen (secondary N) is 1. The van der Waals surface area contributed by atoms with Gasteiger partial charge >= 0.3 is 0 Å². The maximum Gasteiger partial charge on any atom is 0.136 e. The minimum atomic E-state index is 0.572. The van der Waals surface area contributed by atoms with Gasteiger partial charge in [-0.1, -0.05) is 0 Å². The highest BCUT2D eigenvalue weighted by atomic mass is 15.3. The molecule has 0 saturated carbocycles. The Kier molecular flexibility index (Phi) is 1.62. The average molecular weight is 152 g/mol. The molecule has 0 amide bonds. The fourth-order valence-electron chi connectivity index (χ4n) is 1.54. The van der Waals surface area contributed by atoms with Gasteiger partial charge in [-0.2, -0.15) is 0 Å². The minimum Gasteiger partial charge on any atom is -0.320 e. The number of aryl methyl sites for hydroxylation is 1. The Balaban J connectivity index is 2.21. The minimum absolute atomic E-state index is 0.572. The van der Waals surface area contributed by atoms with E-state index in [9.17, 15) is 0 Å². The van der Waals surface area contributed by atoms with Crippen LogP contribution in [0.15, 0.2) is 6.33 Å². The SMILES string of the molecule is Cn1cnnc1C1CCNC1. The Morgan fingerprint density at radius 1 is 1.73 bits per heavy atom. The predicted molar refractivity (Wildman–Crippen MR) is 41.2 cm³/mol. The zero-order valence-corrected chi connectivity index (χ0v) is 6.62. The molecule has 0 bridgehead atoms. The number of nitrogens with zero attached hydrogens (tertiary/aromatic N) is 3. The second kappa shape index (κ2) is 2.62. The molecule has 11 heavy (non-hydrogen) atoms. The van der Waals surface area contributed by atoms with Gasteiger partial charge < -0.3 is 9.88 Å². The molecular weight excluding hydrogens is 140 g/mol. The first-order valence-corrected chi connectivity index (χ1v) is 3.92. The van der Waals surface area contributed by atoms with Crippen LogP contribution in [0.25, 0.3) is 0 Å². The smallest absolute Gasteiger partial charge is 0.136 e. The van der Waals surface area contributed by atoms with Crippen molar-refractivity contribution in [2.24, 2.45) is 7.05 Å². The summed E-state index contributed by atoms with van der Waals surface area (Å²) in [6.45, 7) is 2.16. The molecule has 1 aliphatic heterocycles. The van der Waals surface area contributed by atoms with Crippen molar-refractivity contribution in [1.82, 2.24) is 20.1 Å². The van der Waals surface area contributed by atoms with Crippen LogP contribution in [0.1, 0.15) is 18.2 Å². The molecule has 1 atom stereocenters. The molecule has 1 fully saturated rings. The fraction of sp³-hybridized carbons (Fsp3) is 0.714. The van der Waals surface area contributed by atoms with E-state index in [4.69, 9.17) is 0 Å². The van der Waals surface area contributed by atoms with Crippen LogP contribution < -0.4 is 5.32 Å². The lowest BCUT2D eigenvalue weighted by Crippen LogP contribution is -2.10. The van der Waals surface area contributed by atoms with Gasteiger partial charge in [0.2, 0.25) is 0 Å². The highest BCUT2D eigenvalue weighted by Crippen LogP contribution is 2.18. The van der Waals surface area contributed by atoms with E-state index < -0.39 is 0 Å². The number of hydrogen-bond donors (Lipinski definition) is 1. The molecule has 1 saturated heterocycles. The van der Waals surface area contributed by atoms with E-state index in [-0.39, 0.29) is 0 Å². The number of rotatable bonds is 1. The third-order valence-corrected chi connectivity index (χ3v) is 2.17. The topological polar surface area (TPSA) is 42.7 Å². The van der Waals surface area contributed by atoms with Crippen molar-refractivity contribution < 1.29 is 0 Å². The maximum absolute atomic E-state index is 4.07. The van der Waals surface area contributed by atoms with Gasteiger partial charge in [0.1, 0.15) is 12.2 Å². The standard InChI is InChI=1S/C7H12N4/c1-11-5-9-10-7(11)6-2-3-8-4-6/h5-6,8H,2-4H2,1H3. The Morgan fingerprint density at radius 2 is 2.64 bits per heavy atom. The van der Waals surface area contributed by atoms with Crippen molar-refractivity contribution in [2.45, 2.75) is 12.3 Å². The predicted octanol–water partition coefficient (Wildman–Crippen LogP) is -0.108. The summed E-state index contributed by atoms with van der Waals surface area (Å²) in [6.07, 6.45) is 2.94. The van der Waals surface area contributed by atoms with Crippen molar-refractivity contribution >= 4 is 0 Å². The van der Waals surface area contributed by atoms with Crippen molar-refractivity contribution in [3.8, 4) is 0 Å². The average Bonchev–Trinajstić information content (AvgIpc) is 2.55. The highest BCUT2D eigenvalue weighted by Gasteiger charge is 2.20. The summed E-state index contributed by atoms with van der Waals surface area (Å²) in [6, 6.07) is 0. The van der Waals surface area contributed by atoms with E-state index in [0.29, 0.717) is 5.92 Å². The van der Waals surface area contributed by atoms with Gasteiger partial charge in [0.25, 0.3) is 0 Å². The molecule has 0 radical (unpaired) electrons. The van der Waals surface area contributed by atoms with Crippen LogP contribution in [0, 0.1) is 0 Å². The number of aromatic nitrogens is 3. The lowest BCUT2D eigenvalue weighted by molar-refractivity contribution is 0.657. The van der Waals surface area contributed by atoms with Crippen LogP contribution >= 0.6 is 0 Å². The van der Waals surface area contributed by atoms with E-state index in [1.807, 2.05) is 11.6 Å². The molecule has 2 heterocycles. The van der Waals surface area contributed by atoms with Crippen molar-refractivity contribution in [3.05, 3.63) is 12.2 Å². The van der Waals surface area contributed by atoms with Gasteiger partial charge in [-0.05, 0) is 13.0 Å². The van der Waals surface area contributed by atoms with Gasteiger partial charge in [-0.15, -0.1) is 10.2 Å². The summed E-state index contributed by atoms with van der Waals surface area (Å²) in [5, 5.41) is 11.2. The maximum atomic E-state index is 4.07. The van der Waals surface area contributed by atoms with E-state index in [1.165, 1.54) is 6.42 Å². The van der Waals surface area contributed by atoms with E-state index in [0.717, 1.165) is 18.9 Å². The Bertz CT molecular complexity index is 236. The largest absolute Gasteiger partial charge is 0.320 e. The zero-order chi connectivity index (χ0) is 7.68. The second-order valence-corrected chi connectivity index (χ2v) is 2.99. The molecule has 1 aromatic heterocycles. The van der Waals surface area contributed by atoms with Crippen LogP contribution in [0.5, 0.6) is 0 Å². The molecule has 1 aliphatic rings. The Hall–Kier alpha value is -0.900. The summed E-state index contributed by atoms with van der Waals surface area (Å²) in [5.74, 6) is 1.68. The molecule has 0 aromatic carbocycles. The lowest BCUT2D eigenvalue weighted by Gasteiger charge is -2.05. The molecule has 1 unspecified atom stereocenters. The molecule has 1 aromatic rings. The molecule has 1 N–H and O–H groups in total. The summed E-state index contributed by atoms with van der Waals surface area (Å²) < 4.78 is 2.00. The van der Waals surface area contributed by atoms with Gasteiger partial charge in [0, 0.05) is 19.5 Å². The first kappa shape index (κ1) is 6.79. The molecular formula is C7H12N4. The number of hydrogen-bond acceptors (Lipinski definition) is 3. The molecule has 4 heteroatoms. The molecule has 0 spiro atoms. The Morgan fingerprint density at radius 3 is 3.18 bits per heavy atom. The third kappa shape index (κ3) is 1.14. The van der Waals surface area contributed by atoms with Crippen molar-refractivity contribution in [3.63, 3.8) is 0 Å². The highest BCUT2D eigenvalue weighted by molar-refractivity contribution is 4.99. The fourth-order valence-corrected chi connectivity index (χ4v) is 1.54. The molecule has 60 valence electrons. The lowest BCUT2D eigenvalue weighted by atomic mass is 10.1. The molecule has 4 nitrogen and oxygen atoms in total. The van der Waals surface area contributed by atoms with Gasteiger partial charge in [0.15, 0.2) is 0 Å². The van der Waals surface area contributed by atoms with E-state index >= 15 is 0 Å². The summed E-state index contributed by atoms with van der Waals surface area (Å²) in [4.78, 5) is 0. The zero-order valence-electron chi connectivity index (χ0n) is 6.62. The van der Waals surface area contributed by atoms with Crippen molar-refractivity contribution in [1.29, 1.82) is 0 Å². The van der Waals surface area contributed by atoms with Crippen LogP contribution in [0.3, 0.4) is 0 Å². The van der Waals surface area contributed by atoms with Gasteiger partial charge in [-0.25, -0.2) is 0 Å². The monoisotopic (exact) mass is 152 g/mol. The van der Waals surface area contributed by atoms with Crippen LogP contribution in [-0.4, -0.2) is 27.9 Å². The van der Waals surface area contributed by atoms with Crippen LogP contribution in [0.2, 0.25) is 0 Å². The first-order chi connectivity index (χ1) is 5.38. The van der Waals surface area contributed by atoms with Gasteiger partial charge in [-0.3, -0.25) is 0 Å². The second-order valence-electron chi connectivity index (χ2n) is 2.99. The summed E-state index contributed by atoms with van der Waals surface area (Å²) in [7, 11) is 1.99. The molecule has 0 aliphatic carbocycles. The van der Waals surface area contributed by atoms with Crippen LogP contribution in [-0.2, 0) is 7.05 Å². The van der Waals surface area contributed by atoms with Gasteiger partial charge in [0.05, 0.1) is 0 Å². The van der Waals surface area contributed by atoms with E-state index in [2.05, 4.69) is 15.5 Å². The quantitative estimate of drug-likeness (QED) is 0.610. The Labute approximate surface area is 65.6 Å². The third-order valence-electron chi connectivity index (χ3n) is 2.17. The first-order valence-electron chi connectivity index (χ1n) is 3.92.